The molecule has 0 radical (unpaired) electrons. The van der Waals surface area contributed by atoms with Crippen LogP contribution in [0, 0.1) is 0 Å². The van der Waals surface area contributed by atoms with Crippen LogP contribution in [0.2, 0.25) is 0 Å². The summed E-state index contributed by atoms with van der Waals surface area (Å²) < 4.78 is 6.96. The molecule has 1 aliphatic rings. The van der Waals surface area contributed by atoms with Crippen LogP contribution in [0.5, 0.6) is 0 Å². The summed E-state index contributed by atoms with van der Waals surface area (Å²) in [4.78, 5) is 11.3. The number of alkyl carbamates (subject to hydrolysis) is 1. The number of rotatable bonds is 1. The molecule has 2 aromatic rings. The lowest BCUT2D eigenvalue weighted by Gasteiger charge is -2.23. The number of benzene rings is 1. The summed E-state index contributed by atoms with van der Waals surface area (Å²) in [7, 11) is 3.52. The van der Waals surface area contributed by atoms with Crippen molar-refractivity contribution >= 4 is 17.0 Å². The summed E-state index contributed by atoms with van der Waals surface area (Å²) in [5.41, 5.74) is 4.03. The molecule has 1 N–H and O–H groups in total. The van der Waals surface area contributed by atoms with Gasteiger partial charge in [0.05, 0.1) is 7.11 Å². The molecule has 1 aliphatic carbocycles. The minimum absolute atomic E-state index is 0.172. The van der Waals surface area contributed by atoms with Crippen molar-refractivity contribution in [2.45, 2.75) is 25.3 Å². The molecule has 1 aromatic carbocycles. The molecule has 0 aliphatic heterocycles. The second-order valence-electron chi connectivity index (χ2n) is 5.08. The van der Waals surface area contributed by atoms with Gasteiger partial charge in [-0.15, -0.1) is 0 Å². The zero-order valence-corrected chi connectivity index (χ0v) is 11.3. The van der Waals surface area contributed by atoms with E-state index in [9.17, 15) is 4.79 Å². The van der Waals surface area contributed by atoms with Crippen LogP contribution in [0.4, 0.5) is 4.79 Å². The molecule has 3 rings (SSSR count). The van der Waals surface area contributed by atoms with Gasteiger partial charge in [0.15, 0.2) is 0 Å². The number of carbonyl (C=O) groups is 1. The second kappa shape index (κ2) is 4.61. The molecule has 0 spiro atoms. The van der Waals surface area contributed by atoms with Crippen molar-refractivity contribution in [3.8, 4) is 0 Å². The molecule has 1 heterocycles. The van der Waals surface area contributed by atoms with Gasteiger partial charge >= 0.3 is 6.09 Å². The third-order valence-electron chi connectivity index (χ3n) is 4.03. The molecule has 100 valence electrons. The number of ether oxygens (including phenoxy) is 1. The van der Waals surface area contributed by atoms with E-state index in [0.717, 1.165) is 19.3 Å². The SMILES string of the molecule is COC(=O)NC1CCc2c(c3ccccc3n2C)C1. The van der Waals surface area contributed by atoms with Crippen LogP contribution in [0.15, 0.2) is 24.3 Å². The van der Waals surface area contributed by atoms with Crippen molar-refractivity contribution in [1.82, 2.24) is 9.88 Å². The minimum Gasteiger partial charge on any atom is -0.453 e. The summed E-state index contributed by atoms with van der Waals surface area (Å²) in [5.74, 6) is 0. The van der Waals surface area contributed by atoms with Crippen LogP contribution in [0.1, 0.15) is 17.7 Å². The van der Waals surface area contributed by atoms with E-state index in [2.05, 4.69) is 45.9 Å². The molecule has 19 heavy (non-hydrogen) atoms. The van der Waals surface area contributed by atoms with Crippen LogP contribution in [0.25, 0.3) is 10.9 Å². The van der Waals surface area contributed by atoms with E-state index < -0.39 is 0 Å². The lowest BCUT2D eigenvalue weighted by atomic mass is 9.91. The fraction of sp³-hybridized carbons (Fsp3) is 0.400. The molecule has 1 amide bonds. The van der Waals surface area contributed by atoms with Crippen LogP contribution in [-0.4, -0.2) is 23.8 Å². The Morgan fingerprint density at radius 2 is 2.21 bits per heavy atom. The Morgan fingerprint density at radius 3 is 3.00 bits per heavy atom. The average Bonchev–Trinajstić information content (AvgIpc) is 2.73. The van der Waals surface area contributed by atoms with E-state index in [1.165, 1.54) is 29.3 Å². The van der Waals surface area contributed by atoms with Gasteiger partial charge in [-0.05, 0) is 30.9 Å². The van der Waals surface area contributed by atoms with Crippen LogP contribution >= 0.6 is 0 Å². The predicted octanol–water partition coefficient (Wildman–Crippen LogP) is 2.39. The zero-order valence-electron chi connectivity index (χ0n) is 11.3. The Labute approximate surface area is 112 Å². The van der Waals surface area contributed by atoms with E-state index in [-0.39, 0.29) is 12.1 Å². The van der Waals surface area contributed by atoms with Crippen LogP contribution in [0.3, 0.4) is 0 Å². The van der Waals surface area contributed by atoms with Crippen LogP contribution in [-0.2, 0) is 24.6 Å². The highest BCUT2D eigenvalue weighted by atomic mass is 16.5. The van der Waals surface area contributed by atoms with Gasteiger partial charge in [0, 0.05) is 29.7 Å². The van der Waals surface area contributed by atoms with E-state index in [4.69, 9.17) is 0 Å². The smallest absolute Gasteiger partial charge is 0.407 e. The maximum Gasteiger partial charge on any atom is 0.407 e. The first-order chi connectivity index (χ1) is 9.20. The van der Waals surface area contributed by atoms with Gasteiger partial charge in [-0.2, -0.15) is 0 Å². The number of para-hydroxylation sites is 1. The number of nitrogens with zero attached hydrogens (tertiary/aromatic N) is 1. The number of nitrogens with one attached hydrogen (secondary N) is 1. The van der Waals surface area contributed by atoms with E-state index in [1.807, 2.05) is 0 Å². The van der Waals surface area contributed by atoms with E-state index in [0.29, 0.717) is 0 Å². The number of hydrogen-bond donors (Lipinski definition) is 1. The molecule has 0 fully saturated rings. The van der Waals surface area contributed by atoms with Gasteiger partial charge in [0.1, 0.15) is 0 Å². The van der Waals surface area contributed by atoms with Crippen molar-refractivity contribution in [2.75, 3.05) is 7.11 Å². The van der Waals surface area contributed by atoms with Crippen molar-refractivity contribution in [2.24, 2.45) is 7.05 Å². The first kappa shape index (κ1) is 12.1. The first-order valence-corrected chi connectivity index (χ1v) is 6.60. The van der Waals surface area contributed by atoms with Crippen molar-refractivity contribution < 1.29 is 9.53 Å². The summed E-state index contributed by atoms with van der Waals surface area (Å²) in [5, 5.41) is 4.22. The zero-order chi connectivity index (χ0) is 13.4. The maximum atomic E-state index is 11.3. The predicted molar refractivity (Wildman–Crippen MR) is 74.3 cm³/mol. The monoisotopic (exact) mass is 258 g/mol. The van der Waals surface area contributed by atoms with E-state index >= 15 is 0 Å². The quantitative estimate of drug-likeness (QED) is 0.853. The number of carbonyl (C=O) groups excluding carboxylic acids is 1. The highest BCUT2D eigenvalue weighted by molar-refractivity contribution is 5.86. The molecule has 1 unspecified atom stereocenters. The van der Waals surface area contributed by atoms with Gasteiger partial charge in [-0.3, -0.25) is 0 Å². The number of methoxy groups -OCH3 is 1. The Bertz CT molecular complexity index is 630. The highest BCUT2D eigenvalue weighted by Crippen LogP contribution is 2.31. The Morgan fingerprint density at radius 1 is 1.42 bits per heavy atom. The lowest BCUT2D eigenvalue weighted by molar-refractivity contribution is 0.165. The number of hydrogen-bond acceptors (Lipinski definition) is 2. The van der Waals surface area contributed by atoms with Gasteiger partial charge in [0.2, 0.25) is 0 Å². The number of aromatic nitrogens is 1. The minimum atomic E-state index is -0.339. The Balaban J connectivity index is 1.96. The van der Waals surface area contributed by atoms with Crippen LogP contribution < -0.4 is 5.32 Å². The first-order valence-electron chi connectivity index (χ1n) is 6.60. The largest absolute Gasteiger partial charge is 0.453 e. The topological polar surface area (TPSA) is 43.3 Å². The Hall–Kier alpha value is -1.97. The van der Waals surface area contributed by atoms with Gasteiger partial charge in [-0.1, -0.05) is 18.2 Å². The fourth-order valence-electron chi connectivity index (χ4n) is 3.08. The molecular weight excluding hydrogens is 240 g/mol. The summed E-state index contributed by atoms with van der Waals surface area (Å²) in [6, 6.07) is 8.62. The van der Waals surface area contributed by atoms with Gasteiger partial charge < -0.3 is 14.6 Å². The molecule has 4 heteroatoms. The standard InChI is InChI=1S/C15H18N2O2/c1-17-13-6-4-3-5-11(13)12-9-10(7-8-14(12)17)16-15(18)19-2/h3-6,10H,7-9H2,1-2H3,(H,16,18). The van der Waals surface area contributed by atoms with E-state index in [1.54, 1.807) is 0 Å². The lowest BCUT2D eigenvalue weighted by Crippen LogP contribution is -2.38. The Kier molecular flexibility index (Phi) is 2.93. The van der Waals surface area contributed by atoms with Gasteiger partial charge in [-0.25, -0.2) is 4.79 Å². The number of fused-ring (bicyclic) bond motifs is 3. The normalized spacial score (nSPS) is 18.1. The van der Waals surface area contributed by atoms with Crippen molar-refractivity contribution in [3.63, 3.8) is 0 Å². The number of amides is 1. The van der Waals surface area contributed by atoms with Crippen molar-refractivity contribution in [3.05, 3.63) is 35.5 Å². The molecule has 4 nitrogen and oxygen atoms in total. The highest BCUT2D eigenvalue weighted by Gasteiger charge is 2.25. The fourth-order valence-corrected chi connectivity index (χ4v) is 3.08. The number of aryl methyl sites for hydroxylation is 1. The maximum absolute atomic E-state index is 11.3. The van der Waals surface area contributed by atoms with Crippen molar-refractivity contribution in [1.29, 1.82) is 0 Å². The molecule has 0 saturated heterocycles. The average molecular weight is 258 g/mol. The summed E-state index contributed by atoms with van der Waals surface area (Å²) in [6.07, 6.45) is 2.50. The summed E-state index contributed by atoms with van der Waals surface area (Å²) in [6.45, 7) is 0. The third kappa shape index (κ3) is 1.97. The molecule has 0 saturated carbocycles. The third-order valence-corrected chi connectivity index (χ3v) is 4.03. The molecule has 0 bridgehead atoms. The molecule has 1 atom stereocenters. The molecule has 1 aromatic heterocycles. The summed E-state index contributed by atoms with van der Waals surface area (Å²) >= 11 is 0. The molecular formula is C15H18N2O2. The van der Waals surface area contributed by atoms with Gasteiger partial charge in [0.25, 0.3) is 0 Å². The second-order valence-corrected chi connectivity index (χ2v) is 5.08.